The predicted molar refractivity (Wildman–Crippen MR) is 39.3 cm³/mol. The zero-order valence-electron chi connectivity index (χ0n) is 6.34. The number of nitrogens with one attached hydrogen (secondary N) is 1. The summed E-state index contributed by atoms with van der Waals surface area (Å²) in [6, 6.07) is 0. The number of rotatable bonds is 6. The van der Waals surface area contributed by atoms with E-state index < -0.39 is 0 Å². The smallest absolute Gasteiger partial charge is 0.0982 e. The molecule has 0 aromatic carbocycles. The molecule has 0 aromatic rings. The molecule has 10 heavy (non-hydrogen) atoms. The summed E-state index contributed by atoms with van der Waals surface area (Å²) in [5, 5.41) is 10.9. The fourth-order valence-corrected chi connectivity index (χ4v) is 0.446. The number of ether oxygens (including phenoxy) is 1. The van der Waals surface area contributed by atoms with Crippen LogP contribution < -0.4 is 11.1 Å². The maximum absolute atomic E-state index is 8.27. The fraction of sp³-hybridized carbons (Fsp3) is 1.00. The average Bonchev–Trinajstić information content (AvgIpc) is 1.98. The van der Waals surface area contributed by atoms with E-state index in [-0.39, 0.29) is 6.73 Å². The number of nitrogens with two attached hydrogens (primary N) is 1. The molecule has 1 atom stereocenters. The minimum atomic E-state index is -0.0446. The van der Waals surface area contributed by atoms with Crippen LogP contribution in [0, 0.1) is 5.92 Å². The maximum Gasteiger partial charge on any atom is 0.0982 e. The van der Waals surface area contributed by atoms with Gasteiger partial charge in [0.25, 0.3) is 0 Å². The van der Waals surface area contributed by atoms with E-state index >= 15 is 0 Å². The van der Waals surface area contributed by atoms with Gasteiger partial charge in [-0.1, -0.05) is 6.92 Å². The number of hydrogen-bond acceptors (Lipinski definition) is 4. The summed E-state index contributed by atoms with van der Waals surface area (Å²) in [6.45, 7) is 3.64. The lowest BCUT2D eigenvalue weighted by atomic mass is 10.2. The van der Waals surface area contributed by atoms with E-state index in [0.717, 1.165) is 0 Å². The minimum Gasteiger partial charge on any atom is -0.381 e. The van der Waals surface area contributed by atoms with Gasteiger partial charge in [0.2, 0.25) is 0 Å². The number of aliphatic hydroxyl groups excluding tert-OH is 1. The van der Waals surface area contributed by atoms with E-state index in [0.29, 0.717) is 25.8 Å². The normalized spacial score (nSPS) is 13.5. The molecule has 0 rings (SSSR count). The Morgan fingerprint density at radius 3 is 2.90 bits per heavy atom. The van der Waals surface area contributed by atoms with Crippen LogP contribution in [-0.2, 0) is 4.74 Å². The summed E-state index contributed by atoms with van der Waals surface area (Å²) in [4.78, 5) is 0. The zero-order valence-corrected chi connectivity index (χ0v) is 6.34. The molecule has 0 aliphatic carbocycles. The first-order chi connectivity index (χ1) is 4.81. The largest absolute Gasteiger partial charge is 0.381 e. The molecule has 0 aliphatic rings. The Morgan fingerprint density at radius 1 is 1.70 bits per heavy atom. The topological polar surface area (TPSA) is 67.5 Å². The molecular weight excluding hydrogens is 132 g/mol. The molecular formula is C6H16N2O2. The van der Waals surface area contributed by atoms with Crippen LogP contribution in [0.4, 0.5) is 0 Å². The Morgan fingerprint density at radius 2 is 2.40 bits per heavy atom. The van der Waals surface area contributed by atoms with Crippen molar-refractivity contribution in [3.63, 3.8) is 0 Å². The van der Waals surface area contributed by atoms with Crippen LogP contribution in [0.3, 0.4) is 0 Å². The second kappa shape index (κ2) is 6.95. The van der Waals surface area contributed by atoms with Crippen molar-refractivity contribution in [2.75, 3.05) is 26.6 Å². The lowest BCUT2D eigenvalue weighted by Crippen LogP contribution is -2.23. The van der Waals surface area contributed by atoms with Crippen molar-refractivity contribution < 1.29 is 9.84 Å². The Kier molecular flexibility index (Phi) is 6.84. The standard InChI is InChI=1S/C6H16N2O2/c1-6(2-7)3-10-5-8-4-9/h6,8-9H,2-5,7H2,1H3. The van der Waals surface area contributed by atoms with E-state index in [9.17, 15) is 0 Å². The van der Waals surface area contributed by atoms with E-state index in [1.54, 1.807) is 0 Å². The molecule has 0 radical (unpaired) electrons. The van der Waals surface area contributed by atoms with Gasteiger partial charge < -0.3 is 15.6 Å². The highest BCUT2D eigenvalue weighted by Crippen LogP contribution is 1.89. The summed E-state index contributed by atoms with van der Waals surface area (Å²) >= 11 is 0. The van der Waals surface area contributed by atoms with Crippen molar-refractivity contribution in [2.45, 2.75) is 6.92 Å². The lowest BCUT2D eigenvalue weighted by Gasteiger charge is -2.08. The first-order valence-corrected chi connectivity index (χ1v) is 3.40. The van der Waals surface area contributed by atoms with Crippen LogP contribution in [0.15, 0.2) is 0 Å². The molecule has 0 bridgehead atoms. The van der Waals surface area contributed by atoms with E-state index in [1.807, 2.05) is 6.92 Å². The second-order valence-corrected chi connectivity index (χ2v) is 2.26. The SMILES string of the molecule is CC(CN)COCNCO. The van der Waals surface area contributed by atoms with E-state index in [2.05, 4.69) is 5.32 Å². The predicted octanol–water partition coefficient (Wildman–Crippen LogP) is -0.905. The molecule has 4 heteroatoms. The van der Waals surface area contributed by atoms with Crippen LogP contribution in [0.2, 0.25) is 0 Å². The quantitative estimate of drug-likeness (QED) is 0.337. The van der Waals surface area contributed by atoms with E-state index in [4.69, 9.17) is 15.6 Å². The third kappa shape index (κ3) is 5.97. The van der Waals surface area contributed by atoms with Crippen molar-refractivity contribution in [1.29, 1.82) is 0 Å². The van der Waals surface area contributed by atoms with Gasteiger partial charge in [-0.05, 0) is 12.5 Å². The Labute approximate surface area is 61.4 Å². The molecule has 0 spiro atoms. The molecule has 0 aliphatic heterocycles. The Bertz CT molecular complexity index is 70.8. The summed E-state index contributed by atoms with van der Waals surface area (Å²) in [6.07, 6.45) is 0. The highest BCUT2D eigenvalue weighted by Gasteiger charge is 1.96. The minimum absolute atomic E-state index is 0.0446. The van der Waals surface area contributed by atoms with Crippen LogP contribution in [0.1, 0.15) is 6.92 Å². The highest BCUT2D eigenvalue weighted by atomic mass is 16.5. The molecule has 4 N–H and O–H groups in total. The van der Waals surface area contributed by atoms with Crippen molar-refractivity contribution >= 4 is 0 Å². The maximum atomic E-state index is 8.27. The first-order valence-electron chi connectivity index (χ1n) is 3.40. The highest BCUT2D eigenvalue weighted by molar-refractivity contribution is 4.48. The fourth-order valence-electron chi connectivity index (χ4n) is 0.446. The average molecular weight is 148 g/mol. The summed E-state index contributed by atoms with van der Waals surface area (Å²) in [7, 11) is 0. The van der Waals surface area contributed by atoms with Gasteiger partial charge in [0.15, 0.2) is 0 Å². The van der Waals surface area contributed by atoms with Crippen molar-refractivity contribution in [1.82, 2.24) is 5.32 Å². The monoisotopic (exact) mass is 148 g/mol. The zero-order chi connectivity index (χ0) is 7.82. The molecule has 62 valence electrons. The second-order valence-electron chi connectivity index (χ2n) is 2.26. The molecule has 0 saturated carbocycles. The van der Waals surface area contributed by atoms with Gasteiger partial charge in [-0.25, -0.2) is 0 Å². The summed E-state index contributed by atoms with van der Waals surface area (Å²) < 4.78 is 5.08. The number of aliphatic hydroxyl groups is 1. The van der Waals surface area contributed by atoms with Gasteiger partial charge in [0.05, 0.1) is 20.1 Å². The van der Waals surface area contributed by atoms with Crippen molar-refractivity contribution in [3.8, 4) is 0 Å². The van der Waals surface area contributed by atoms with Crippen LogP contribution in [0.5, 0.6) is 0 Å². The van der Waals surface area contributed by atoms with Gasteiger partial charge in [-0.3, -0.25) is 5.32 Å². The van der Waals surface area contributed by atoms with Gasteiger partial charge >= 0.3 is 0 Å². The molecule has 0 amide bonds. The Balaban J connectivity index is 2.89. The number of hydrogen-bond donors (Lipinski definition) is 3. The Hall–Kier alpha value is -0.160. The van der Waals surface area contributed by atoms with Gasteiger partial charge in [0.1, 0.15) is 0 Å². The van der Waals surface area contributed by atoms with Crippen molar-refractivity contribution in [2.24, 2.45) is 11.7 Å². The molecule has 1 unspecified atom stereocenters. The molecule has 0 heterocycles. The van der Waals surface area contributed by atoms with Gasteiger partial charge in [0, 0.05) is 0 Å². The van der Waals surface area contributed by atoms with Crippen LogP contribution >= 0.6 is 0 Å². The first kappa shape index (κ1) is 9.84. The molecule has 0 fully saturated rings. The molecule has 0 aromatic heterocycles. The van der Waals surface area contributed by atoms with Crippen LogP contribution in [-0.4, -0.2) is 31.7 Å². The van der Waals surface area contributed by atoms with Crippen molar-refractivity contribution in [3.05, 3.63) is 0 Å². The molecule has 0 saturated heterocycles. The van der Waals surface area contributed by atoms with Crippen LogP contribution in [0.25, 0.3) is 0 Å². The third-order valence-electron chi connectivity index (χ3n) is 1.12. The third-order valence-corrected chi connectivity index (χ3v) is 1.12. The van der Waals surface area contributed by atoms with Gasteiger partial charge in [-0.15, -0.1) is 0 Å². The molecule has 4 nitrogen and oxygen atoms in total. The van der Waals surface area contributed by atoms with E-state index in [1.165, 1.54) is 0 Å². The summed E-state index contributed by atoms with van der Waals surface area (Å²) in [5.74, 6) is 0.389. The summed E-state index contributed by atoms with van der Waals surface area (Å²) in [5.41, 5.74) is 5.34. The lowest BCUT2D eigenvalue weighted by molar-refractivity contribution is 0.0742. The van der Waals surface area contributed by atoms with Gasteiger partial charge in [-0.2, -0.15) is 0 Å².